The Balaban J connectivity index is 0.717. The summed E-state index contributed by atoms with van der Waals surface area (Å²) in [4.78, 5) is 81.5. The molecule has 2 atom stereocenters. The first-order valence-corrected chi connectivity index (χ1v) is 25.2. The molecular weight excluding hydrogens is 938 g/mol. The number of alkyl halides is 3. The topological polar surface area (TPSA) is 203 Å². The number of piperazine rings is 1. The molecule has 0 saturated carbocycles. The quantitative estimate of drug-likeness (QED) is 0.0752. The number of anilines is 3. The van der Waals surface area contributed by atoms with Crippen molar-refractivity contribution >= 4 is 58.6 Å². The van der Waals surface area contributed by atoms with Crippen molar-refractivity contribution in [1.82, 2.24) is 40.2 Å². The zero-order chi connectivity index (χ0) is 50.3. The number of halogens is 3. The van der Waals surface area contributed by atoms with Gasteiger partial charge >= 0.3 is 6.18 Å². The standard InChI is InChI=1S/C50H61F3N12O5S/c1-49(54)19-22-63(23-20-49)42-28-56-45(29-55-42)71-36-11-9-10-35(27-36)57-43(66)12-7-5-3-4-6-8-21-62-24-25-64(32-40(62)50(51,52)53)41-17-15-38(59-60-41)48(70)61(2)30-33-13-14-37-34(26-33)31-65(47(37)69)39-16-18-44(67)58-46(39)68/h9-11,13-15,17,26-29,39-40H,3-8,12,16,18-25,30-32,54H2,1-2H3,(H,57,66)(H,58,67,68). The number of hydrogen-bond acceptors (Lipinski definition) is 14. The van der Waals surface area contributed by atoms with Crippen LogP contribution in [0.2, 0.25) is 0 Å². The molecule has 71 heavy (non-hydrogen) atoms. The molecule has 4 N–H and O–H groups in total. The van der Waals surface area contributed by atoms with Crippen LogP contribution >= 0.6 is 11.8 Å². The van der Waals surface area contributed by atoms with Crippen LogP contribution in [0.1, 0.15) is 110 Å². The molecule has 4 aromatic rings. The minimum absolute atomic E-state index is 0.0328. The van der Waals surface area contributed by atoms with E-state index in [0.29, 0.717) is 49.2 Å². The Labute approximate surface area is 415 Å². The number of amides is 5. The van der Waals surface area contributed by atoms with Gasteiger partial charge in [0.15, 0.2) is 11.5 Å². The monoisotopic (exact) mass is 998 g/mol. The normalized spacial score (nSPS) is 19.4. The van der Waals surface area contributed by atoms with Crippen LogP contribution in [0.25, 0.3) is 0 Å². The van der Waals surface area contributed by atoms with E-state index >= 15 is 0 Å². The molecule has 0 radical (unpaired) electrons. The summed E-state index contributed by atoms with van der Waals surface area (Å²) in [6.45, 7) is 4.68. The van der Waals surface area contributed by atoms with E-state index in [-0.39, 0.29) is 73.8 Å². The highest BCUT2D eigenvalue weighted by atomic mass is 32.2. The van der Waals surface area contributed by atoms with Gasteiger partial charge in [-0.1, -0.05) is 55.6 Å². The number of carbonyl (C=O) groups is 5. The maximum Gasteiger partial charge on any atom is 0.405 e. The van der Waals surface area contributed by atoms with Crippen molar-refractivity contribution in [1.29, 1.82) is 0 Å². The number of nitrogens with zero attached hydrogens (tertiary/aromatic N) is 9. The maximum absolute atomic E-state index is 14.4. The number of nitrogens with two attached hydrogens (primary N) is 1. The van der Waals surface area contributed by atoms with Crippen LogP contribution in [0.3, 0.4) is 0 Å². The summed E-state index contributed by atoms with van der Waals surface area (Å²) in [6, 6.07) is 13.4. The maximum atomic E-state index is 14.4. The van der Waals surface area contributed by atoms with Gasteiger partial charge in [0, 0.05) is 87.4 Å². The van der Waals surface area contributed by atoms with Gasteiger partial charge in [0.1, 0.15) is 22.9 Å². The van der Waals surface area contributed by atoms with Crippen LogP contribution < -0.4 is 26.2 Å². The summed E-state index contributed by atoms with van der Waals surface area (Å²) in [5.41, 5.74) is 8.79. The highest BCUT2D eigenvalue weighted by Crippen LogP contribution is 2.33. The SMILES string of the molecule is CN(Cc1ccc2c(c1)CN(C1CCC(=O)NC1=O)C2=O)C(=O)c1ccc(N2CCN(CCCCCCCCC(=O)Nc3cccc(Sc4cnc(N5CCC(C)(N)CC5)cn4)c3)C(C(F)(F)F)C2)nn1. The third kappa shape index (κ3) is 13.2. The Morgan fingerprint density at radius 3 is 2.39 bits per heavy atom. The predicted molar refractivity (Wildman–Crippen MR) is 262 cm³/mol. The molecule has 0 aliphatic carbocycles. The fourth-order valence-electron chi connectivity index (χ4n) is 9.54. The second-order valence-electron chi connectivity index (χ2n) is 19.3. The van der Waals surface area contributed by atoms with Crippen LogP contribution in [-0.4, -0.2) is 135 Å². The van der Waals surface area contributed by atoms with Crippen LogP contribution in [0.5, 0.6) is 0 Å². The number of benzene rings is 2. The first-order valence-electron chi connectivity index (χ1n) is 24.3. The minimum Gasteiger partial charge on any atom is -0.355 e. The van der Waals surface area contributed by atoms with Gasteiger partial charge in [-0.05, 0) is 93.1 Å². The van der Waals surface area contributed by atoms with E-state index in [9.17, 15) is 37.1 Å². The second kappa shape index (κ2) is 22.5. The molecule has 6 heterocycles. The Morgan fingerprint density at radius 2 is 1.68 bits per heavy atom. The van der Waals surface area contributed by atoms with Crippen LogP contribution in [0.15, 0.2) is 76.9 Å². The molecule has 2 aromatic carbocycles. The van der Waals surface area contributed by atoms with Gasteiger partial charge in [-0.3, -0.25) is 34.2 Å². The molecule has 2 unspecified atom stereocenters. The smallest absolute Gasteiger partial charge is 0.355 e. The summed E-state index contributed by atoms with van der Waals surface area (Å²) in [5, 5.41) is 14.3. The van der Waals surface area contributed by atoms with Crippen LogP contribution in [-0.2, 0) is 27.5 Å². The second-order valence-corrected chi connectivity index (χ2v) is 20.4. The summed E-state index contributed by atoms with van der Waals surface area (Å²) in [5.74, 6) is -0.560. The van der Waals surface area contributed by atoms with E-state index < -0.39 is 30.1 Å². The fourth-order valence-corrected chi connectivity index (χ4v) is 10.3. The van der Waals surface area contributed by atoms with Crippen molar-refractivity contribution in [2.75, 3.05) is 61.4 Å². The molecule has 2 aromatic heterocycles. The molecule has 3 fully saturated rings. The third-order valence-electron chi connectivity index (χ3n) is 13.7. The number of rotatable bonds is 18. The van der Waals surface area contributed by atoms with Crippen molar-refractivity contribution < 1.29 is 37.1 Å². The molecular formula is C50H61F3N12O5S. The van der Waals surface area contributed by atoms with Crippen molar-refractivity contribution in [2.45, 2.75) is 124 Å². The Hall–Kier alpha value is -6.19. The van der Waals surface area contributed by atoms with Crippen molar-refractivity contribution in [3.63, 3.8) is 0 Å². The van der Waals surface area contributed by atoms with E-state index in [0.717, 1.165) is 72.9 Å². The number of unbranched alkanes of at least 4 members (excludes halogenated alkanes) is 5. The molecule has 0 spiro atoms. The first kappa shape index (κ1) is 51.2. The number of aromatic nitrogens is 4. The summed E-state index contributed by atoms with van der Waals surface area (Å²) < 4.78 is 43.2. The molecule has 4 aliphatic heterocycles. The highest BCUT2D eigenvalue weighted by Gasteiger charge is 2.46. The van der Waals surface area contributed by atoms with E-state index in [2.05, 4.69) is 42.6 Å². The molecule has 0 bridgehead atoms. The molecule has 5 amide bonds. The van der Waals surface area contributed by atoms with Gasteiger partial charge in [-0.15, -0.1) is 10.2 Å². The summed E-state index contributed by atoms with van der Waals surface area (Å²) in [7, 11) is 1.59. The number of carbonyl (C=O) groups excluding carboxylic acids is 5. The number of fused-ring (bicyclic) bond motifs is 1. The number of nitrogens with one attached hydrogen (secondary N) is 2. The molecule has 21 heteroatoms. The molecule has 8 rings (SSSR count). The number of hydrogen-bond donors (Lipinski definition) is 3. The Kier molecular flexibility index (Phi) is 16.2. The van der Waals surface area contributed by atoms with Gasteiger partial charge in [0.2, 0.25) is 17.7 Å². The average Bonchev–Trinajstić information content (AvgIpc) is 3.66. The van der Waals surface area contributed by atoms with Gasteiger partial charge in [-0.2, -0.15) is 13.2 Å². The van der Waals surface area contributed by atoms with Crippen molar-refractivity contribution in [2.24, 2.45) is 5.73 Å². The lowest BCUT2D eigenvalue weighted by atomic mass is 9.91. The lowest BCUT2D eigenvalue weighted by Crippen LogP contribution is -2.59. The fraction of sp³-hybridized carbons (Fsp3) is 0.500. The number of imide groups is 1. The lowest BCUT2D eigenvalue weighted by Gasteiger charge is -2.42. The van der Waals surface area contributed by atoms with E-state index in [1.54, 1.807) is 36.5 Å². The van der Waals surface area contributed by atoms with Crippen molar-refractivity contribution in [3.05, 3.63) is 89.4 Å². The average molecular weight is 999 g/mol. The van der Waals surface area contributed by atoms with Crippen LogP contribution in [0, 0.1) is 0 Å². The van der Waals surface area contributed by atoms with E-state index in [4.69, 9.17) is 5.73 Å². The summed E-state index contributed by atoms with van der Waals surface area (Å²) >= 11 is 1.47. The Morgan fingerprint density at radius 1 is 0.901 bits per heavy atom. The van der Waals surface area contributed by atoms with Gasteiger partial charge in [0.25, 0.3) is 11.8 Å². The predicted octanol–water partition coefficient (Wildman–Crippen LogP) is 6.19. The molecule has 4 aliphatic rings. The third-order valence-corrected chi connectivity index (χ3v) is 14.6. The zero-order valence-corrected chi connectivity index (χ0v) is 40.9. The van der Waals surface area contributed by atoms with Crippen molar-refractivity contribution in [3.8, 4) is 0 Å². The molecule has 3 saturated heterocycles. The summed E-state index contributed by atoms with van der Waals surface area (Å²) in [6.07, 6.45) is 6.41. The highest BCUT2D eigenvalue weighted by molar-refractivity contribution is 7.99. The first-order chi connectivity index (χ1) is 34.0. The van der Waals surface area contributed by atoms with E-state index in [1.165, 1.54) is 38.6 Å². The minimum atomic E-state index is -4.46. The van der Waals surface area contributed by atoms with Gasteiger partial charge in [0.05, 0.1) is 12.4 Å². The molecule has 378 valence electrons. The van der Waals surface area contributed by atoms with E-state index in [1.807, 2.05) is 30.3 Å². The van der Waals surface area contributed by atoms with Gasteiger partial charge in [-0.25, -0.2) is 9.97 Å². The Bertz CT molecular complexity index is 2560. The zero-order valence-electron chi connectivity index (χ0n) is 40.1. The number of piperidine rings is 2. The lowest BCUT2D eigenvalue weighted by molar-refractivity contribution is -0.184. The largest absolute Gasteiger partial charge is 0.405 e. The molecule has 17 nitrogen and oxygen atoms in total. The van der Waals surface area contributed by atoms with Gasteiger partial charge < -0.3 is 30.7 Å². The van der Waals surface area contributed by atoms with Crippen LogP contribution in [0.4, 0.5) is 30.5 Å².